The molecule has 33 heavy (non-hydrogen) atoms. The predicted octanol–water partition coefficient (Wildman–Crippen LogP) is 2.72. The van der Waals surface area contributed by atoms with Crippen LogP contribution >= 0.6 is 0 Å². The van der Waals surface area contributed by atoms with Gasteiger partial charge in [-0.15, -0.1) is 0 Å². The van der Waals surface area contributed by atoms with Crippen molar-refractivity contribution < 1.29 is 24.2 Å². The molecule has 0 fully saturated rings. The number of aromatic nitrogens is 2. The van der Waals surface area contributed by atoms with Crippen LogP contribution in [0.5, 0.6) is 0 Å². The number of hydrogen-bond acceptors (Lipinski definition) is 5. The number of aromatic amines is 1. The molecule has 9 nitrogen and oxygen atoms in total. The molecule has 4 rings (SSSR count). The molecule has 0 saturated carbocycles. The Kier molecular flexibility index (Phi) is 6.39. The number of hydrogen-bond donors (Lipinski definition) is 4. The lowest BCUT2D eigenvalue weighted by Crippen LogP contribution is -2.48. The van der Waals surface area contributed by atoms with Crippen LogP contribution in [0.2, 0.25) is 0 Å². The highest BCUT2D eigenvalue weighted by Crippen LogP contribution is 2.44. The van der Waals surface area contributed by atoms with Crippen LogP contribution in [-0.2, 0) is 20.9 Å². The van der Waals surface area contributed by atoms with Crippen LogP contribution in [0, 0.1) is 6.92 Å². The summed E-state index contributed by atoms with van der Waals surface area (Å²) in [5.74, 6) is -1.48. The molecular formula is C24H24N4O5. The van der Waals surface area contributed by atoms with E-state index in [1.165, 1.54) is 0 Å². The Labute approximate surface area is 190 Å². The molecule has 2 amide bonds. The van der Waals surface area contributed by atoms with E-state index in [-0.39, 0.29) is 19.1 Å². The first kappa shape index (κ1) is 22.1. The Balaban J connectivity index is 1.38. The van der Waals surface area contributed by atoms with Gasteiger partial charge in [-0.2, -0.15) is 0 Å². The van der Waals surface area contributed by atoms with Gasteiger partial charge < -0.3 is 25.5 Å². The third-order valence-electron chi connectivity index (χ3n) is 5.52. The third kappa shape index (κ3) is 5.03. The molecule has 4 N–H and O–H groups in total. The minimum Gasteiger partial charge on any atom is -0.481 e. The second-order valence-corrected chi connectivity index (χ2v) is 7.85. The fourth-order valence-corrected chi connectivity index (χ4v) is 4.02. The summed E-state index contributed by atoms with van der Waals surface area (Å²) in [6.07, 6.45) is 0.186. The van der Waals surface area contributed by atoms with Crippen LogP contribution in [0.3, 0.4) is 0 Å². The largest absolute Gasteiger partial charge is 0.481 e. The van der Waals surface area contributed by atoms with Crippen LogP contribution in [0.15, 0.2) is 54.7 Å². The second kappa shape index (κ2) is 9.56. The molecule has 1 atom stereocenters. The Morgan fingerprint density at radius 1 is 1.09 bits per heavy atom. The zero-order chi connectivity index (χ0) is 23.4. The lowest BCUT2D eigenvalue weighted by atomic mass is 9.98. The van der Waals surface area contributed by atoms with E-state index in [2.05, 4.69) is 20.6 Å². The molecule has 0 saturated heterocycles. The van der Waals surface area contributed by atoms with Crippen molar-refractivity contribution in [2.75, 3.05) is 6.61 Å². The van der Waals surface area contributed by atoms with Crippen LogP contribution in [-0.4, -0.2) is 45.7 Å². The number of carbonyl (C=O) groups is 3. The van der Waals surface area contributed by atoms with Gasteiger partial charge >= 0.3 is 12.1 Å². The Morgan fingerprint density at radius 2 is 1.73 bits per heavy atom. The number of ether oxygens (including phenoxy) is 1. The number of carboxylic acid groups (broad SMARTS) is 1. The van der Waals surface area contributed by atoms with Crippen LogP contribution in [0.1, 0.15) is 35.0 Å². The first-order valence-corrected chi connectivity index (χ1v) is 10.5. The lowest BCUT2D eigenvalue weighted by molar-refractivity contribution is -0.139. The molecule has 3 aromatic rings. The highest BCUT2D eigenvalue weighted by molar-refractivity contribution is 5.89. The topological polar surface area (TPSA) is 133 Å². The van der Waals surface area contributed by atoms with Gasteiger partial charge in [0.25, 0.3) is 0 Å². The molecule has 0 bridgehead atoms. The minimum atomic E-state index is -1.28. The van der Waals surface area contributed by atoms with Gasteiger partial charge in [0.05, 0.1) is 13.0 Å². The number of benzene rings is 2. The van der Waals surface area contributed by atoms with Gasteiger partial charge in [0, 0.05) is 17.8 Å². The number of carboxylic acids is 1. The third-order valence-corrected chi connectivity index (χ3v) is 5.52. The number of carbonyl (C=O) groups excluding carboxylic acids is 2. The van der Waals surface area contributed by atoms with E-state index in [1.807, 2.05) is 55.5 Å². The van der Waals surface area contributed by atoms with Crippen molar-refractivity contribution >= 4 is 18.0 Å². The van der Waals surface area contributed by atoms with Crippen molar-refractivity contribution in [1.82, 2.24) is 20.6 Å². The summed E-state index contributed by atoms with van der Waals surface area (Å²) in [6, 6.07) is 14.6. The average molecular weight is 448 g/mol. The summed E-state index contributed by atoms with van der Waals surface area (Å²) in [6.45, 7) is 1.96. The lowest BCUT2D eigenvalue weighted by Gasteiger charge is -2.18. The second-order valence-electron chi connectivity index (χ2n) is 7.85. The summed E-state index contributed by atoms with van der Waals surface area (Å²) < 4.78 is 5.43. The molecule has 0 aliphatic heterocycles. The smallest absolute Gasteiger partial charge is 0.407 e. The van der Waals surface area contributed by atoms with E-state index in [4.69, 9.17) is 9.84 Å². The number of aryl methyl sites for hydroxylation is 1. The van der Waals surface area contributed by atoms with E-state index in [9.17, 15) is 14.4 Å². The van der Waals surface area contributed by atoms with Gasteiger partial charge in [-0.25, -0.2) is 9.78 Å². The Hall–Kier alpha value is -4.14. The number of alkyl carbamates (subject to hydrolysis) is 1. The fraction of sp³-hybridized carbons (Fsp3) is 0.250. The van der Waals surface area contributed by atoms with E-state index >= 15 is 0 Å². The number of rotatable bonds is 8. The minimum absolute atomic E-state index is 0.0624. The summed E-state index contributed by atoms with van der Waals surface area (Å²) in [5, 5.41) is 14.1. The summed E-state index contributed by atoms with van der Waals surface area (Å²) in [7, 11) is 0. The van der Waals surface area contributed by atoms with E-state index < -0.39 is 30.4 Å². The van der Waals surface area contributed by atoms with Crippen molar-refractivity contribution in [3.63, 3.8) is 0 Å². The molecule has 1 aliphatic rings. The van der Waals surface area contributed by atoms with Crippen molar-refractivity contribution in [2.45, 2.75) is 31.8 Å². The number of nitrogens with one attached hydrogen (secondary N) is 3. The predicted molar refractivity (Wildman–Crippen MR) is 119 cm³/mol. The summed E-state index contributed by atoms with van der Waals surface area (Å²) in [4.78, 5) is 43.2. The average Bonchev–Trinajstić information content (AvgIpc) is 3.36. The fourth-order valence-electron chi connectivity index (χ4n) is 4.02. The maximum Gasteiger partial charge on any atom is 0.407 e. The molecule has 1 aliphatic carbocycles. The molecule has 1 heterocycles. The highest BCUT2D eigenvalue weighted by Gasteiger charge is 2.30. The van der Waals surface area contributed by atoms with E-state index in [0.717, 1.165) is 27.9 Å². The van der Waals surface area contributed by atoms with Gasteiger partial charge in [0.15, 0.2) is 0 Å². The van der Waals surface area contributed by atoms with Crippen molar-refractivity contribution in [1.29, 1.82) is 0 Å². The Morgan fingerprint density at radius 3 is 2.30 bits per heavy atom. The molecule has 1 unspecified atom stereocenters. The maximum absolute atomic E-state index is 12.5. The zero-order valence-electron chi connectivity index (χ0n) is 18.0. The number of aliphatic carboxylic acids is 1. The number of fused-ring (bicyclic) bond motifs is 3. The van der Waals surface area contributed by atoms with Crippen LogP contribution < -0.4 is 10.6 Å². The van der Waals surface area contributed by atoms with Crippen LogP contribution in [0.25, 0.3) is 11.1 Å². The van der Waals surface area contributed by atoms with Crippen LogP contribution in [0.4, 0.5) is 4.79 Å². The highest BCUT2D eigenvalue weighted by atomic mass is 16.5. The molecule has 2 aromatic carbocycles. The van der Waals surface area contributed by atoms with Crippen molar-refractivity contribution in [3.05, 3.63) is 77.4 Å². The first-order valence-electron chi connectivity index (χ1n) is 10.5. The number of nitrogens with zero attached hydrogens (tertiary/aromatic N) is 1. The van der Waals surface area contributed by atoms with Gasteiger partial charge in [0.2, 0.25) is 5.91 Å². The quantitative estimate of drug-likeness (QED) is 0.419. The van der Waals surface area contributed by atoms with Gasteiger partial charge in [-0.3, -0.25) is 9.59 Å². The molecule has 0 spiro atoms. The SMILES string of the molecule is Cc1cnc(CNC(=O)C(CC(=O)O)NC(=O)OCC2c3ccccc3-c3ccccc32)[nH]1. The van der Waals surface area contributed by atoms with Crippen molar-refractivity contribution in [3.8, 4) is 11.1 Å². The van der Waals surface area contributed by atoms with Crippen molar-refractivity contribution in [2.24, 2.45) is 0 Å². The summed E-state index contributed by atoms with van der Waals surface area (Å²) >= 11 is 0. The zero-order valence-corrected chi connectivity index (χ0v) is 18.0. The number of amides is 2. The van der Waals surface area contributed by atoms with Gasteiger partial charge in [-0.1, -0.05) is 48.5 Å². The molecule has 0 radical (unpaired) electrons. The molecule has 1 aromatic heterocycles. The maximum atomic E-state index is 12.5. The summed E-state index contributed by atoms with van der Waals surface area (Å²) in [5.41, 5.74) is 5.13. The number of imidazole rings is 1. The first-order chi connectivity index (χ1) is 15.9. The van der Waals surface area contributed by atoms with Gasteiger partial charge in [-0.05, 0) is 29.2 Å². The molecule has 9 heteroatoms. The van der Waals surface area contributed by atoms with Gasteiger partial charge in [0.1, 0.15) is 18.5 Å². The van der Waals surface area contributed by atoms with E-state index in [0.29, 0.717) is 5.82 Å². The monoisotopic (exact) mass is 448 g/mol. The van der Waals surface area contributed by atoms with E-state index in [1.54, 1.807) is 6.20 Å². The normalized spacial score (nSPS) is 13.0. The number of H-pyrrole nitrogens is 1. The molecular weight excluding hydrogens is 424 g/mol. The Bertz CT molecular complexity index is 1140. The molecule has 170 valence electrons. The standard InChI is InChI=1S/C24H24N4O5/c1-14-11-25-21(27-14)12-26-23(31)20(10-22(29)30)28-24(32)33-13-19-17-8-4-2-6-15(17)16-7-3-5-9-18(16)19/h2-9,11,19-20H,10,12-13H2,1H3,(H,25,27)(H,26,31)(H,28,32)(H,29,30).